The summed E-state index contributed by atoms with van der Waals surface area (Å²) in [6, 6.07) is 0. The van der Waals surface area contributed by atoms with Gasteiger partial charge in [-0.15, -0.1) is 0 Å². The average molecular weight is 203 g/mol. The van der Waals surface area contributed by atoms with E-state index in [0.717, 1.165) is 0 Å². The van der Waals surface area contributed by atoms with E-state index in [1.807, 2.05) is 0 Å². The second kappa shape index (κ2) is 2.37. The Hall–Kier alpha value is 0.220. The summed E-state index contributed by atoms with van der Waals surface area (Å²) in [5.41, 5.74) is 3.58. The molecule has 0 aromatic rings. The first-order valence-electron chi connectivity index (χ1n) is 3.77. The maximum absolute atomic E-state index is 3.60. The third kappa shape index (κ3) is 1.29. The van der Waals surface area contributed by atoms with Crippen molar-refractivity contribution in [3.63, 3.8) is 0 Å². The second-order valence-electron chi connectivity index (χ2n) is 4.08. The fraction of sp³-hybridized carbons (Fsp3) is 0.778. The molecule has 0 saturated carbocycles. The van der Waals surface area contributed by atoms with E-state index in [0.29, 0.717) is 10.2 Å². The molecule has 1 rings (SSSR count). The van der Waals surface area contributed by atoms with Gasteiger partial charge in [-0.1, -0.05) is 47.8 Å². The normalized spacial score (nSPS) is 26.7. The number of rotatable bonds is 0. The van der Waals surface area contributed by atoms with Crippen LogP contribution in [0.4, 0.5) is 0 Å². The minimum absolute atomic E-state index is 0.397. The monoisotopic (exact) mass is 202 g/mol. The Kier molecular flexibility index (Phi) is 1.97. The molecule has 0 spiro atoms. The van der Waals surface area contributed by atoms with Crippen LogP contribution in [0.1, 0.15) is 34.1 Å². The highest BCUT2D eigenvalue weighted by Crippen LogP contribution is 2.43. The number of halogens is 1. The van der Waals surface area contributed by atoms with Crippen molar-refractivity contribution in [1.29, 1.82) is 0 Å². The van der Waals surface area contributed by atoms with Gasteiger partial charge in [-0.2, -0.15) is 0 Å². The molecule has 0 radical (unpaired) electrons. The topological polar surface area (TPSA) is 0 Å². The Bertz CT molecular complexity index is 172. The molecule has 0 aromatic heterocycles. The van der Waals surface area contributed by atoms with Gasteiger partial charge in [0.2, 0.25) is 0 Å². The molecule has 10 heavy (non-hydrogen) atoms. The largest absolute Gasteiger partial charge is 0.0839 e. The van der Waals surface area contributed by atoms with Gasteiger partial charge in [-0.3, -0.25) is 0 Å². The van der Waals surface area contributed by atoms with Gasteiger partial charge >= 0.3 is 0 Å². The second-order valence-corrected chi connectivity index (χ2v) is 5.19. The van der Waals surface area contributed by atoms with Gasteiger partial charge in [-0.05, 0) is 18.8 Å². The van der Waals surface area contributed by atoms with Crippen molar-refractivity contribution in [3.05, 3.63) is 11.1 Å². The summed E-state index contributed by atoms with van der Waals surface area (Å²) in [7, 11) is 0. The zero-order valence-corrected chi connectivity index (χ0v) is 8.75. The summed E-state index contributed by atoms with van der Waals surface area (Å²) >= 11 is 3.60. The van der Waals surface area contributed by atoms with Crippen LogP contribution in [0.5, 0.6) is 0 Å². The molecule has 0 unspecified atom stereocenters. The van der Waals surface area contributed by atoms with Gasteiger partial charge in [0.1, 0.15) is 0 Å². The standard InChI is InChI=1S/C9H15Br/c1-6-7(5-8(6)10)9(2,3)4/h8H,5H2,1-4H3/t8-/m1/s1. The maximum atomic E-state index is 3.60. The molecule has 0 fully saturated rings. The summed E-state index contributed by atoms with van der Waals surface area (Å²) in [5.74, 6) is 0. The first kappa shape index (κ1) is 8.32. The van der Waals surface area contributed by atoms with Gasteiger partial charge in [0, 0.05) is 4.83 Å². The van der Waals surface area contributed by atoms with E-state index in [-0.39, 0.29) is 0 Å². The first-order chi connectivity index (χ1) is 4.43. The Morgan fingerprint density at radius 2 is 1.90 bits per heavy atom. The van der Waals surface area contributed by atoms with E-state index in [9.17, 15) is 0 Å². The molecule has 0 nitrogen and oxygen atoms in total. The number of alkyl halides is 1. The molecule has 1 atom stereocenters. The third-order valence-electron chi connectivity index (χ3n) is 2.23. The SMILES string of the molecule is CC1=C(C(C)(C)C)C[C@H]1Br. The highest BCUT2D eigenvalue weighted by molar-refractivity contribution is 9.09. The summed E-state index contributed by atoms with van der Waals surface area (Å²) in [5, 5.41) is 0. The molecule has 0 heterocycles. The Morgan fingerprint density at radius 3 is 2.00 bits per heavy atom. The van der Waals surface area contributed by atoms with Crippen LogP contribution in [0, 0.1) is 5.41 Å². The zero-order valence-electron chi connectivity index (χ0n) is 7.16. The summed E-state index contributed by atoms with van der Waals surface area (Å²) in [4.78, 5) is 0.668. The summed E-state index contributed by atoms with van der Waals surface area (Å²) in [6.07, 6.45) is 1.25. The number of hydrogen-bond donors (Lipinski definition) is 0. The van der Waals surface area contributed by atoms with Crippen LogP contribution in [0.2, 0.25) is 0 Å². The molecule has 0 N–H and O–H groups in total. The van der Waals surface area contributed by atoms with Crippen molar-refractivity contribution < 1.29 is 0 Å². The lowest BCUT2D eigenvalue weighted by Gasteiger charge is -2.36. The van der Waals surface area contributed by atoms with Gasteiger partial charge in [0.25, 0.3) is 0 Å². The minimum Gasteiger partial charge on any atom is -0.0839 e. The van der Waals surface area contributed by atoms with Crippen molar-refractivity contribution in [2.75, 3.05) is 0 Å². The van der Waals surface area contributed by atoms with Crippen LogP contribution in [-0.2, 0) is 0 Å². The molecule has 1 aliphatic rings. The quantitative estimate of drug-likeness (QED) is 0.417. The van der Waals surface area contributed by atoms with Gasteiger partial charge in [0.15, 0.2) is 0 Å². The smallest absolute Gasteiger partial charge is 0.0392 e. The molecule has 1 aliphatic carbocycles. The highest BCUT2D eigenvalue weighted by atomic mass is 79.9. The Labute approximate surface area is 71.8 Å². The molecule has 0 aromatic carbocycles. The lowest BCUT2D eigenvalue weighted by molar-refractivity contribution is 0.453. The van der Waals surface area contributed by atoms with E-state index >= 15 is 0 Å². The fourth-order valence-corrected chi connectivity index (χ4v) is 2.05. The maximum Gasteiger partial charge on any atom is 0.0392 e. The number of allylic oxidation sites excluding steroid dienone is 2. The Morgan fingerprint density at radius 1 is 1.40 bits per heavy atom. The van der Waals surface area contributed by atoms with Crippen LogP contribution >= 0.6 is 15.9 Å². The van der Waals surface area contributed by atoms with Crippen LogP contribution in [0.25, 0.3) is 0 Å². The lowest BCUT2D eigenvalue weighted by Crippen LogP contribution is -2.25. The first-order valence-corrected chi connectivity index (χ1v) is 4.68. The van der Waals surface area contributed by atoms with Crippen LogP contribution in [0.3, 0.4) is 0 Å². The predicted molar refractivity (Wildman–Crippen MR) is 49.5 cm³/mol. The lowest BCUT2D eigenvalue weighted by atomic mass is 9.73. The molecule has 0 saturated heterocycles. The highest BCUT2D eigenvalue weighted by Gasteiger charge is 2.30. The number of hydrogen-bond acceptors (Lipinski definition) is 0. The zero-order chi connectivity index (χ0) is 7.94. The van der Waals surface area contributed by atoms with E-state index < -0.39 is 0 Å². The van der Waals surface area contributed by atoms with Crippen LogP contribution in [0.15, 0.2) is 11.1 Å². The van der Waals surface area contributed by atoms with Crippen LogP contribution < -0.4 is 0 Å². The molecule has 58 valence electrons. The minimum atomic E-state index is 0.397. The molecular weight excluding hydrogens is 188 g/mol. The predicted octanol–water partition coefficient (Wildman–Crippen LogP) is 3.52. The molecule has 1 heteroatoms. The van der Waals surface area contributed by atoms with Crippen molar-refractivity contribution in [2.45, 2.75) is 38.9 Å². The van der Waals surface area contributed by atoms with Gasteiger partial charge in [0.05, 0.1) is 0 Å². The summed E-state index contributed by atoms with van der Waals surface area (Å²) < 4.78 is 0. The Balaban J connectivity index is 2.79. The van der Waals surface area contributed by atoms with E-state index in [1.165, 1.54) is 6.42 Å². The van der Waals surface area contributed by atoms with Crippen molar-refractivity contribution in [1.82, 2.24) is 0 Å². The van der Waals surface area contributed by atoms with E-state index in [2.05, 4.69) is 43.6 Å². The molecular formula is C9H15Br. The van der Waals surface area contributed by atoms with E-state index in [4.69, 9.17) is 0 Å². The van der Waals surface area contributed by atoms with Gasteiger partial charge in [-0.25, -0.2) is 0 Å². The summed E-state index contributed by atoms with van der Waals surface area (Å²) in [6.45, 7) is 9.07. The van der Waals surface area contributed by atoms with E-state index in [1.54, 1.807) is 11.1 Å². The van der Waals surface area contributed by atoms with Crippen molar-refractivity contribution in [3.8, 4) is 0 Å². The van der Waals surface area contributed by atoms with Crippen molar-refractivity contribution >= 4 is 15.9 Å². The van der Waals surface area contributed by atoms with Crippen molar-refractivity contribution in [2.24, 2.45) is 5.41 Å². The molecule has 0 amide bonds. The fourth-order valence-electron chi connectivity index (χ4n) is 1.45. The van der Waals surface area contributed by atoms with Crippen LogP contribution in [-0.4, -0.2) is 4.83 Å². The van der Waals surface area contributed by atoms with Gasteiger partial charge < -0.3 is 0 Å². The average Bonchev–Trinajstić information content (AvgIpc) is 1.79. The third-order valence-corrected chi connectivity index (χ3v) is 3.25. The molecule has 0 aliphatic heterocycles. The molecule has 0 bridgehead atoms.